The largest absolute Gasteiger partial charge is 0.542 e. The molecule has 0 radical (unpaired) electrons. The first-order valence-electron chi connectivity index (χ1n) is 12.9. The summed E-state index contributed by atoms with van der Waals surface area (Å²) in [5.41, 5.74) is 2.20. The number of carbonyl (C=O) groups is 2. The topological polar surface area (TPSA) is 184 Å². The van der Waals surface area contributed by atoms with Crippen molar-refractivity contribution in [2.75, 3.05) is 50.0 Å². The molecular weight excluding hydrogens is 581 g/mol. The first-order chi connectivity index (χ1) is 19.9. The maximum absolute atomic E-state index is 13.6. The minimum absolute atomic E-state index is 0.0328. The number of amides is 1. The van der Waals surface area contributed by atoms with Gasteiger partial charge in [0.1, 0.15) is 5.97 Å². The van der Waals surface area contributed by atoms with Crippen molar-refractivity contribution < 1.29 is 46.7 Å². The van der Waals surface area contributed by atoms with Crippen LogP contribution in [0.2, 0.25) is 0 Å². The van der Waals surface area contributed by atoms with Gasteiger partial charge in [0.05, 0.1) is 42.3 Å². The van der Waals surface area contributed by atoms with E-state index in [1.165, 1.54) is 18.5 Å². The van der Waals surface area contributed by atoms with E-state index < -0.39 is 22.0 Å². The fourth-order valence-electron chi connectivity index (χ4n) is 3.98. The van der Waals surface area contributed by atoms with Gasteiger partial charge in [-0.05, 0) is 24.1 Å². The van der Waals surface area contributed by atoms with Crippen LogP contribution in [-0.2, 0) is 21.2 Å². The molecule has 1 saturated heterocycles. The molecule has 12 nitrogen and oxygen atoms in total. The number of rotatable bonds is 10. The first-order valence-corrected chi connectivity index (χ1v) is 14.4. The van der Waals surface area contributed by atoms with Gasteiger partial charge in [0, 0.05) is 37.8 Å². The number of hydrogen-bond acceptors (Lipinski definition) is 9. The summed E-state index contributed by atoms with van der Waals surface area (Å²) in [4.78, 5) is 30.7. The van der Waals surface area contributed by atoms with E-state index in [-0.39, 0.29) is 22.6 Å². The molecule has 1 aliphatic heterocycles. The molecule has 2 heterocycles. The Bertz CT molecular complexity index is 1430. The molecule has 1 aliphatic rings. The third-order valence-corrected chi connectivity index (χ3v) is 7.72. The number of anilines is 2. The molecule has 228 valence electrons. The number of carboxylic acids is 1. The minimum atomic E-state index is -5.19. The molecular formula is C26H31F3N6O6S. The second-order valence-corrected chi connectivity index (χ2v) is 10.9. The number of nitrogens with one attached hydrogen (secondary N) is 3. The Morgan fingerprint density at radius 1 is 1.10 bits per heavy atom. The highest BCUT2D eigenvalue weighted by Gasteiger charge is 2.30. The Hall–Kier alpha value is -4.15. The quantitative estimate of drug-likeness (QED) is 0.196. The predicted octanol–water partition coefficient (Wildman–Crippen LogP) is -0.0333. The van der Waals surface area contributed by atoms with Gasteiger partial charge < -0.3 is 40.8 Å². The van der Waals surface area contributed by atoms with Crippen molar-refractivity contribution in [1.82, 2.24) is 14.9 Å². The van der Waals surface area contributed by atoms with Crippen LogP contribution in [0.1, 0.15) is 22.3 Å². The van der Waals surface area contributed by atoms with Crippen LogP contribution in [0.3, 0.4) is 0 Å². The van der Waals surface area contributed by atoms with Gasteiger partial charge in [0.25, 0.3) is 5.91 Å². The van der Waals surface area contributed by atoms with Crippen LogP contribution in [0.4, 0.5) is 24.5 Å². The molecule has 1 fully saturated rings. The van der Waals surface area contributed by atoms with Crippen LogP contribution in [0, 0.1) is 0 Å². The number of nitrogens with zero attached hydrogens (tertiary/aromatic N) is 2. The number of carbonyl (C=O) groups excluding carboxylic acids is 2. The SMILES string of the molecule is O=C([O-])C(F)(F)F.O=C(c1cc(S(=O)(=O)c2ncc[nH]2)c(NCCCO)cc1NCc1ccccc1)N1CC[NH2+]CC1. The highest BCUT2D eigenvalue weighted by molar-refractivity contribution is 7.91. The van der Waals surface area contributed by atoms with Crippen LogP contribution in [0.5, 0.6) is 0 Å². The number of benzene rings is 2. The molecule has 0 aliphatic carbocycles. The molecule has 1 aromatic heterocycles. The highest BCUT2D eigenvalue weighted by Crippen LogP contribution is 2.33. The number of aliphatic carboxylic acids is 1. The highest BCUT2D eigenvalue weighted by atomic mass is 32.2. The van der Waals surface area contributed by atoms with E-state index in [0.717, 1.165) is 18.7 Å². The molecule has 42 heavy (non-hydrogen) atoms. The van der Waals surface area contributed by atoms with Crippen molar-refractivity contribution >= 4 is 33.1 Å². The molecule has 1 amide bonds. The molecule has 3 aromatic rings. The van der Waals surface area contributed by atoms with Gasteiger partial charge >= 0.3 is 6.18 Å². The number of aromatic nitrogens is 2. The van der Waals surface area contributed by atoms with Crippen molar-refractivity contribution in [1.29, 1.82) is 0 Å². The second-order valence-electron chi connectivity index (χ2n) is 9.08. The smallest absolute Gasteiger partial charge is 0.430 e. The first kappa shape index (κ1) is 32.4. The molecule has 6 N–H and O–H groups in total. The van der Waals surface area contributed by atoms with Gasteiger partial charge in [-0.15, -0.1) is 0 Å². The maximum atomic E-state index is 13.6. The van der Waals surface area contributed by atoms with Crippen LogP contribution in [0.15, 0.2) is 64.9 Å². The van der Waals surface area contributed by atoms with E-state index in [1.54, 1.807) is 11.0 Å². The summed E-state index contributed by atoms with van der Waals surface area (Å²) < 4.78 is 58.5. The molecule has 2 aromatic carbocycles. The Kier molecular flexibility index (Phi) is 11.3. The van der Waals surface area contributed by atoms with Gasteiger partial charge in [0.2, 0.25) is 15.0 Å². The number of sulfone groups is 1. The zero-order valence-electron chi connectivity index (χ0n) is 22.4. The lowest BCUT2D eigenvalue weighted by Gasteiger charge is -2.27. The molecule has 0 atom stereocenters. The van der Waals surface area contributed by atoms with Crippen molar-refractivity contribution in [3.05, 3.63) is 66.0 Å². The Labute approximate surface area is 239 Å². The van der Waals surface area contributed by atoms with Crippen LogP contribution >= 0.6 is 0 Å². The normalized spacial score (nSPS) is 13.6. The van der Waals surface area contributed by atoms with E-state index in [1.807, 2.05) is 30.3 Å². The maximum Gasteiger partial charge on any atom is 0.430 e. The Morgan fingerprint density at radius 2 is 1.76 bits per heavy atom. The summed E-state index contributed by atoms with van der Waals surface area (Å²) in [6.07, 6.45) is -1.94. The van der Waals surface area contributed by atoms with Crippen LogP contribution in [0.25, 0.3) is 0 Å². The average molecular weight is 613 g/mol. The number of aliphatic hydroxyl groups is 1. The van der Waals surface area contributed by atoms with E-state index in [4.69, 9.17) is 9.90 Å². The van der Waals surface area contributed by atoms with Crippen LogP contribution in [-0.4, -0.2) is 85.8 Å². The number of piperazine rings is 1. The van der Waals surface area contributed by atoms with E-state index in [9.17, 15) is 31.5 Å². The number of alkyl halides is 3. The number of aromatic amines is 1. The van der Waals surface area contributed by atoms with Gasteiger partial charge in [-0.1, -0.05) is 30.3 Å². The standard InChI is InChI=1S/C24H30N6O4S.C2HF3O2/c31-14-4-7-26-21-16-20(29-17-18-5-2-1-3-6-18)19(23(32)30-12-10-25-11-13-30)15-22(21)35(33,34)24-27-8-9-28-24;3-2(4,5)1(6)7/h1-3,5-6,8-9,15-16,25-26,29,31H,4,7,10-14,17H2,(H,27,28);(H,6,7). The lowest BCUT2D eigenvalue weighted by molar-refractivity contribution is -0.661. The molecule has 16 heteroatoms. The van der Waals surface area contributed by atoms with Crippen molar-refractivity contribution in [2.45, 2.75) is 29.2 Å². The summed E-state index contributed by atoms with van der Waals surface area (Å²) in [6.45, 7) is 3.59. The average Bonchev–Trinajstić information content (AvgIpc) is 3.53. The lowest BCUT2D eigenvalue weighted by atomic mass is 10.1. The van der Waals surface area contributed by atoms with E-state index >= 15 is 0 Å². The molecule has 0 spiro atoms. The van der Waals surface area contributed by atoms with E-state index in [2.05, 4.69) is 25.9 Å². The summed E-state index contributed by atoms with van der Waals surface area (Å²) in [5.74, 6) is -3.22. The molecule has 0 bridgehead atoms. The van der Waals surface area contributed by atoms with Crippen molar-refractivity contribution in [3.63, 3.8) is 0 Å². The number of halogens is 3. The fourth-order valence-corrected chi connectivity index (χ4v) is 5.31. The molecule has 4 rings (SSSR count). The van der Waals surface area contributed by atoms with Gasteiger partial charge in [-0.25, -0.2) is 13.4 Å². The summed E-state index contributed by atoms with van der Waals surface area (Å²) in [6, 6.07) is 12.9. The van der Waals surface area contributed by atoms with Gasteiger partial charge in [0.15, 0.2) is 0 Å². The zero-order valence-corrected chi connectivity index (χ0v) is 23.2. The second kappa shape index (κ2) is 14.7. The van der Waals surface area contributed by atoms with Gasteiger partial charge in [-0.3, -0.25) is 4.79 Å². The number of hydrogen-bond donors (Lipinski definition) is 5. The Balaban J connectivity index is 0.000000616. The number of aliphatic hydroxyl groups excluding tert-OH is 1. The minimum Gasteiger partial charge on any atom is -0.542 e. The number of H-pyrrole nitrogens is 1. The van der Waals surface area contributed by atoms with Gasteiger partial charge in [-0.2, -0.15) is 13.2 Å². The van der Waals surface area contributed by atoms with Crippen molar-refractivity contribution in [2.24, 2.45) is 0 Å². The van der Waals surface area contributed by atoms with E-state index in [0.29, 0.717) is 49.5 Å². The summed E-state index contributed by atoms with van der Waals surface area (Å²) in [5, 5.41) is 26.4. The molecule has 0 unspecified atom stereocenters. The Morgan fingerprint density at radius 3 is 2.33 bits per heavy atom. The number of carboxylic acid groups (broad SMARTS) is 1. The third-order valence-electron chi connectivity index (χ3n) is 6.07. The predicted molar refractivity (Wildman–Crippen MR) is 143 cm³/mol. The zero-order chi connectivity index (χ0) is 30.8. The third kappa shape index (κ3) is 8.67. The fraction of sp³-hybridized carbons (Fsp3) is 0.346. The number of imidazole rings is 1. The summed E-state index contributed by atoms with van der Waals surface area (Å²) >= 11 is 0. The molecule has 0 saturated carbocycles. The number of nitrogens with two attached hydrogens (primary N) is 1. The summed E-state index contributed by atoms with van der Waals surface area (Å²) in [7, 11) is -4.03. The monoisotopic (exact) mass is 612 g/mol. The van der Waals surface area contributed by atoms with Crippen LogP contribution < -0.4 is 21.1 Å². The number of quaternary nitrogens is 1. The lowest BCUT2D eigenvalue weighted by Crippen LogP contribution is -2.89. The van der Waals surface area contributed by atoms with Crippen molar-refractivity contribution in [3.8, 4) is 0 Å².